The molecular formula is C17H20N2O6S. The molecule has 8 nitrogen and oxygen atoms in total. The van der Waals surface area contributed by atoms with E-state index < -0.39 is 10.0 Å². The van der Waals surface area contributed by atoms with Crippen molar-refractivity contribution >= 4 is 27.3 Å². The van der Waals surface area contributed by atoms with E-state index in [2.05, 4.69) is 10.0 Å². The fourth-order valence-corrected chi connectivity index (χ4v) is 3.33. The van der Waals surface area contributed by atoms with Gasteiger partial charge in [-0.15, -0.1) is 0 Å². The van der Waals surface area contributed by atoms with Crippen LogP contribution in [0.3, 0.4) is 0 Å². The van der Waals surface area contributed by atoms with Crippen molar-refractivity contribution in [3.05, 3.63) is 36.4 Å². The Morgan fingerprint density at radius 2 is 1.50 bits per heavy atom. The molecule has 0 spiro atoms. The molecule has 0 fully saturated rings. The highest BCUT2D eigenvalue weighted by atomic mass is 32.2. The Kier molecular flexibility index (Phi) is 5.93. The van der Waals surface area contributed by atoms with Gasteiger partial charge in [-0.1, -0.05) is 0 Å². The van der Waals surface area contributed by atoms with Gasteiger partial charge in [-0.25, -0.2) is 8.42 Å². The Morgan fingerprint density at radius 3 is 2.08 bits per heavy atom. The maximum atomic E-state index is 12.7. The third kappa shape index (κ3) is 4.37. The van der Waals surface area contributed by atoms with Crippen molar-refractivity contribution in [1.82, 2.24) is 0 Å². The Hall–Kier alpha value is -2.94. The molecule has 0 aliphatic rings. The number of carbonyl (C=O) groups is 1. The summed E-state index contributed by atoms with van der Waals surface area (Å²) < 4.78 is 43.4. The largest absolute Gasteiger partial charge is 0.497 e. The van der Waals surface area contributed by atoms with Gasteiger partial charge in [0.15, 0.2) is 0 Å². The molecule has 0 aliphatic heterocycles. The first-order valence-electron chi connectivity index (χ1n) is 7.51. The van der Waals surface area contributed by atoms with Gasteiger partial charge in [0.1, 0.15) is 17.2 Å². The summed E-state index contributed by atoms with van der Waals surface area (Å²) in [6.07, 6.45) is 0. The number of methoxy groups -OCH3 is 3. The van der Waals surface area contributed by atoms with Gasteiger partial charge in [0.2, 0.25) is 5.91 Å². The highest BCUT2D eigenvalue weighted by Crippen LogP contribution is 2.32. The molecular weight excluding hydrogens is 360 g/mol. The van der Waals surface area contributed by atoms with Gasteiger partial charge in [-0.3, -0.25) is 9.52 Å². The summed E-state index contributed by atoms with van der Waals surface area (Å²) in [7, 11) is 0.386. The van der Waals surface area contributed by atoms with Crippen molar-refractivity contribution in [2.45, 2.75) is 11.8 Å². The second-order valence-corrected chi connectivity index (χ2v) is 6.90. The number of sulfonamides is 1. The summed E-state index contributed by atoms with van der Waals surface area (Å²) in [5.41, 5.74) is 0.476. The highest BCUT2D eigenvalue weighted by molar-refractivity contribution is 7.92. The van der Waals surface area contributed by atoms with Crippen LogP contribution in [0, 0.1) is 0 Å². The molecule has 0 bridgehead atoms. The monoisotopic (exact) mass is 380 g/mol. The summed E-state index contributed by atoms with van der Waals surface area (Å²) in [6, 6.07) is 8.90. The molecule has 2 aromatic rings. The van der Waals surface area contributed by atoms with E-state index in [9.17, 15) is 13.2 Å². The fourth-order valence-electron chi connectivity index (χ4n) is 2.24. The van der Waals surface area contributed by atoms with Gasteiger partial charge in [-0.2, -0.15) is 0 Å². The van der Waals surface area contributed by atoms with Crippen molar-refractivity contribution < 1.29 is 27.4 Å². The predicted octanol–water partition coefficient (Wildman–Crippen LogP) is 2.47. The van der Waals surface area contributed by atoms with Gasteiger partial charge < -0.3 is 19.5 Å². The summed E-state index contributed by atoms with van der Waals surface area (Å²) in [5.74, 6) is 0.806. The van der Waals surface area contributed by atoms with Crippen LogP contribution >= 0.6 is 0 Å². The number of hydrogen-bond donors (Lipinski definition) is 2. The number of hydrogen-bond acceptors (Lipinski definition) is 6. The molecule has 26 heavy (non-hydrogen) atoms. The number of rotatable bonds is 7. The summed E-state index contributed by atoms with van der Waals surface area (Å²) in [5, 5.41) is 2.54. The third-order valence-electron chi connectivity index (χ3n) is 3.44. The smallest absolute Gasteiger partial charge is 0.262 e. The van der Waals surface area contributed by atoms with E-state index in [-0.39, 0.29) is 22.2 Å². The van der Waals surface area contributed by atoms with Crippen LogP contribution in [0.2, 0.25) is 0 Å². The number of amides is 1. The first-order valence-corrected chi connectivity index (χ1v) is 8.99. The summed E-state index contributed by atoms with van der Waals surface area (Å²) in [4.78, 5) is 11.3. The van der Waals surface area contributed by atoms with Crippen LogP contribution in [0.15, 0.2) is 41.3 Å². The Balaban J connectivity index is 2.43. The average Bonchev–Trinajstić information content (AvgIpc) is 2.60. The molecule has 2 aromatic carbocycles. The number of ether oxygens (including phenoxy) is 3. The van der Waals surface area contributed by atoms with Crippen LogP contribution in [0.25, 0.3) is 0 Å². The molecule has 0 heterocycles. The van der Waals surface area contributed by atoms with Crippen LogP contribution in [0.4, 0.5) is 11.4 Å². The molecule has 1 amide bonds. The molecule has 0 unspecified atom stereocenters. The van der Waals surface area contributed by atoms with E-state index >= 15 is 0 Å². The second-order valence-electron chi connectivity index (χ2n) is 5.21. The lowest BCUT2D eigenvalue weighted by Crippen LogP contribution is -2.15. The lowest BCUT2D eigenvalue weighted by Gasteiger charge is -2.15. The minimum atomic E-state index is -3.95. The molecule has 140 valence electrons. The lowest BCUT2D eigenvalue weighted by atomic mass is 10.3. The maximum Gasteiger partial charge on any atom is 0.262 e. The quantitative estimate of drug-likeness (QED) is 0.765. The molecule has 2 N–H and O–H groups in total. The van der Waals surface area contributed by atoms with E-state index in [0.29, 0.717) is 17.2 Å². The summed E-state index contributed by atoms with van der Waals surface area (Å²) in [6.45, 7) is 1.32. The SMILES string of the molecule is COc1ccc(OC)c(NS(=O)(=O)c2ccc(OC)c(NC(C)=O)c2)c1. The Morgan fingerprint density at radius 1 is 0.885 bits per heavy atom. The molecule has 0 saturated heterocycles. The van der Waals surface area contributed by atoms with Crippen molar-refractivity contribution in [2.24, 2.45) is 0 Å². The van der Waals surface area contributed by atoms with E-state index in [1.807, 2.05) is 0 Å². The number of benzene rings is 2. The number of nitrogens with one attached hydrogen (secondary N) is 2. The standard InChI is InChI=1S/C17H20N2O6S/c1-11(20)18-14-10-13(6-8-16(14)24-3)26(21,22)19-15-9-12(23-2)5-7-17(15)25-4/h5-10,19H,1-4H3,(H,18,20). The first kappa shape index (κ1) is 19.4. The zero-order valence-electron chi connectivity index (χ0n) is 14.8. The number of carbonyl (C=O) groups excluding carboxylic acids is 1. The Bertz CT molecular complexity index is 911. The van der Waals surface area contributed by atoms with Gasteiger partial charge >= 0.3 is 0 Å². The molecule has 0 aromatic heterocycles. The van der Waals surface area contributed by atoms with Crippen molar-refractivity contribution in [3.63, 3.8) is 0 Å². The van der Waals surface area contributed by atoms with Crippen LogP contribution in [-0.2, 0) is 14.8 Å². The van der Waals surface area contributed by atoms with Gasteiger partial charge in [0.25, 0.3) is 10.0 Å². The number of anilines is 2. The topological polar surface area (TPSA) is 103 Å². The van der Waals surface area contributed by atoms with E-state index in [1.165, 1.54) is 52.5 Å². The fraction of sp³-hybridized carbons (Fsp3) is 0.235. The second kappa shape index (κ2) is 7.96. The van der Waals surface area contributed by atoms with E-state index in [0.717, 1.165) is 0 Å². The molecule has 0 radical (unpaired) electrons. The zero-order chi connectivity index (χ0) is 19.3. The minimum absolute atomic E-state index is 0.0491. The highest BCUT2D eigenvalue weighted by Gasteiger charge is 2.19. The predicted molar refractivity (Wildman–Crippen MR) is 97.7 cm³/mol. The van der Waals surface area contributed by atoms with Crippen molar-refractivity contribution in [3.8, 4) is 17.2 Å². The maximum absolute atomic E-state index is 12.7. The zero-order valence-corrected chi connectivity index (χ0v) is 15.6. The van der Waals surface area contributed by atoms with Crippen LogP contribution < -0.4 is 24.2 Å². The van der Waals surface area contributed by atoms with E-state index in [4.69, 9.17) is 14.2 Å². The molecule has 0 atom stereocenters. The Labute approximate surface area is 152 Å². The molecule has 0 aliphatic carbocycles. The van der Waals surface area contributed by atoms with E-state index in [1.54, 1.807) is 12.1 Å². The first-order chi connectivity index (χ1) is 12.3. The van der Waals surface area contributed by atoms with Gasteiger partial charge in [0, 0.05) is 13.0 Å². The average molecular weight is 380 g/mol. The van der Waals surface area contributed by atoms with Crippen LogP contribution in [-0.4, -0.2) is 35.7 Å². The minimum Gasteiger partial charge on any atom is -0.497 e. The van der Waals surface area contributed by atoms with Crippen LogP contribution in [0.1, 0.15) is 6.92 Å². The van der Waals surface area contributed by atoms with Crippen LogP contribution in [0.5, 0.6) is 17.2 Å². The van der Waals surface area contributed by atoms with Gasteiger partial charge in [0.05, 0.1) is 37.6 Å². The van der Waals surface area contributed by atoms with Crippen molar-refractivity contribution in [1.29, 1.82) is 0 Å². The summed E-state index contributed by atoms with van der Waals surface area (Å²) >= 11 is 0. The molecule has 2 rings (SSSR count). The molecule has 0 saturated carbocycles. The third-order valence-corrected chi connectivity index (χ3v) is 4.81. The van der Waals surface area contributed by atoms with Gasteiger partial charge in [-0.05, 0) is 30.3 Å². The van der Waals surface area contributed by atoms with Crippen molar-refractivity contribution in [2.75, 3.05) is 31.4 Å². The normalized spacial score (nSPS) is 10.8. The lowest BCUT2D eigenvalue weighted by molar-refractivity contribution is -0.114. The molecule has 9 heteroatoms.